The van der Waals surface area contributed by atoms with E-state index in [-0.39, 0.29) is 11.1 Å². The number of carbonyl (C=O) groups excluding carboxylic acids is 1. The second kappa shape index (κ2) is 5.44. The standard InChI is InChI=1S/C17H15N3O2/c1-11-6-5-7-12(10-11)18-17(22)15-16(21)13-8-3-4-9-14(13)20(2)19-15/h3-10H,1-2H3,(H,18,22). The lowest BCUT2D eigenvalue weighted by Crippen LogP contribution is -2.26. The van der Waals surface area contributed by atoms with Crippen LogP contribution in [0.5, 0.6) is 0 Å². The maximum Gasteiger partial charge on any atom is 0.280 e. The number of fused-ring (bicyclic) bond motifs is 1. The van der Waals surface area contributed by atoms with Crippen LogP contribution in [0, 0.1) is 6.92 Å². The summed E-state index contributed by atoms with van der Waals surface area (Å²) in [5.74, 6) is -0.503. The van der Waals surface area contributed by atoms with Crippen molar-refractivity contribution >= 4 is 22.5 Å². The molecular weight excluding hydrogens is 278 g/mol. The molecule has 0 aliphatic carbocycles. The Hall–Kier alpha value is -2.95. The lowest BCUT2D eigenvalue weighted by molar-refractivity contribution is 0.101. The molecule has 0 aliphatic heterocycles. The minimum absolute atomic E-state index is 0.109. The summed E-state index contributed by atoms with van der Waals surface area (Å²) in [6.45, 7) is 1.93. The first-order valence-electron chi connectivity index (χ1n) is 6.90. The molecule has 0 radical (unpaired) electrons. The molecule has 0 saturated heterocycles. The minimum Gasteiger partial charge on any atom is -0.320 e. The van der Waals surface area contributed by atoms with Crippen LogP contribution in [0.3, 0.4) is 0 Å². The number of benzene rings is 2. The normalized spacial score (nSPS) is 10.6. The summed E-state index contributed by atoms with van der Waals surface area (Å²) < 4.78 is 1.54. The number of hydrogen-bond donors (Lipinski definition) is 1. The second-order valence-electron chi connectivity index (χ2n) is 5.14. The van der Waals surface area contributed by atoms with Crippen molar-refractivity contribution in [2.45, 2.75) is 6.92 Å². The van der Waals surface area contributed by atoms with Crippen molar-refractivity contribution in [3.8, 4) is 0 Å². The summed E-state index contributed by atoms with van der Waals surface area (Å²) in [5.41, 5.74) is 1.89. The van der Waals surface area contributed by atoms with Crippen LogP contribution < -0.4 is 10.7 Å². The minimum atomic E-state index is -0.503. The van der Waals surface area contributed by atoms with E-state index in [4.69, 9.17) is 0 Å². The topological polar surface area (TPSA) is 64.0 Å². The first kappa shape index (κ1) is 14.0. The SMILES string of the molecule is Cc1cccc(NC(=O)c2nn(C)c3ccccc3c2=O)c1. The Labute approximate surface area is 127 Å². The van der Waals surface area contributed by atoms with Gasteiger partial charge in [0.2, 0.25) is 5.43 Å². The lowest BCUT2D eigenvalue weighted by atomic mass is 10.2. The number of para-hydroxylation sites is 1. The van der Waals surface area contributed by atoms with Crippen LogP contribution >= 0.6 is 0 Å². The predicted molar refractivity (Wildman–Crippen MR) is 86.1 cm³/mol. The molecule has 2 aromatic carbocycles. The zero-order chi connectivity index (χ0) is 15.7. The number of aromatic nitrogens is 2. The first-order valence-corrected chi connectivity index (χ1v) is 6.90. The molecule has 0 aliphatic rings. The van der Waals surface area contributed by atoms with Crippen molar-refractivity contribution in [3.05, 3.63) is 70.0 Å². The van der Waals surface area contributed by atoms with Crippen LogP contribution in [-0.2, 0) is 7.05 Å². The fraction of sp³-hybridized carbons (Fsp3) is 0.118. The molecule has 3 aromatic rings. The van der Waals surface area contributed by atoms with Crippen LogP contribution in [0.25, 0.3) is 10.9 Å². The van der Waals surface area contributed by atoms with E-state index in [1.165, 1.54) is 0 Å². The third kappa shape index (κ3) is 2.48. The summed E-state index contributed by atoms with van der Waals surface area (Å²) in [5, 5.41) is 7.31. The summed E-state index contributed by atoms with van der Waals surface area (Å²) in [6, 6.07) is 14.5. The molecule has 1 amide bonds. The van der Waals surface area contributed by atoms with Gasteiger partial charge in [-0.15, -0.1) is 0 Å². The molecule has 3 rings (SSSR count). The Morgan fingerprint density at radius 3 is 2.68 bits per heavy atom. The van der Waals surface area contributed by atoms with Crippen LogP contribution in [0.15, 0.2) is 53.3 Å². The molecule has 0 unspecified atom stereocenters. The number of amides is 1. The highest BCUT2D eigenvalue weighted by Crippen LogP contribution is 2.12. The van der Waals surface area contributed by atoms with Crippen molar-refractivity contribution in [1.82, 2.24) is 9.78 Å². The van der Waals surface area contributed by atoms with Gasteiger partial charge in [0.15, 0.2) is 5.69 Å². The van der Waals surface area contributed by atoms with E-state index < -0.39 is 5.91 Å². The Morgan fingerprint density at radius 1 is 1.14 bits per heavy atom. The number of nitrogens with one attached hydrogen (secondary N) is 1. The van der Waals surface area contributed by atoms with Gasteiger partial charge in [0.25, 0.3) is 5.91 Å². The molecule has 1 aromatic heterocycles. The molecule has 5 nitrogen and oxygen atoms in total. The van der Waals surface area contributed by atoms with Crippen LogP contribution in [-0.4, -0.2) is 15.7 Å². The Bertz CT molecular complexity index is 929. The number of anilines is 1. The number of hydrogen-bond acceptors (Lipinski definition) is 3. The quantitative estimate of drug-likeness (QED) is 0.789. The van der Waals surface area contributed by atoms with Crippen molar-refractivity contribution in [2.24, 2.45) is 7.05 Å². The molecular formula is C17H15N3O2. The highest BCUT2D eigenvalue weighted by atomic mass is 16.2. The number of rotatable bonds is 2. The van der Waals surface area contributed by atoms with E-state index in [1.807, 2.05) is 31.2 Å². The molecule has 0 saturated carbocycles. The van der Waals surface area contributed by atoms with Crippen molar-refractivity contribution in [2.75, 3.05) is 5.32 Å². The molecule has 0 spiro atoms. The molecule has 0 fully saturated rings. The number of aryl methyl sites for hydroxylation is 2. The van der Waals surface area contributed by atoms with E-state index >= 15 is 0 Å². The summed E-state index contributed by atoms with van der Waals surface area (Å²) in [7, 11) is 1.71. The summed E-state index contributed by atoms with van der Waals surface area (Å²) in [4.78, 5) is 24.8. The van der Waals surface area contributed by atoms with E-state index in [9.17, 15) is 9.59 Å². The average Bonchev–Trinajstić information content (AvgIpc) is 2.51. The Balaban J connectivity index is 2.05. The Kier molecular flexibility index (Phi) is 3.47. The summed E-state index contributed by atoms with van der Waals surface area (Å²) in [6.07, 6.45) is 0. The van der Waals surface area contributed by atoms with Gasteiger partial charge in [-0.25, -0.2) is 0 Å². The zero-order valence-corrected chi connectivity index (χ0v) is 12.3. The highest BCUT2D eigenvalue weighted by molar-refractivity contribution is 6.04. The smallest absolute Gasteiger partial charge is 0.280 e. The molecule has 1 heterocycles. The second-order valence-corrected chi connectivity index (χ2v) is 5.14. The molecule has 1 N–H and O–H groups in total. The van der Waals surface area contributed by atoms with Crippen molar-refractivity contribution in [1.29, 1.82) is 0 Å². The zero-order valence-electron chi connectivity index (χ0n) is 12.3. The highest BCUT2D eigenvalue weighted by Gasteiger charge is 2.16. The van der Waals surface area contributed by atoms with Gasteiger partial charge >= 0.3 is 0 Å². The number of carbonyl (C=O) groups is 1. The fourth-order valence-electron chi connectivity index (χ4n) is 2.39. The van der Waals surface area contributed by atoms with Crippen LogP contribution in [0.2, 0.25) is 0 Å². The van der Waals surface area contributed by atoms with E-state index in [0.29, 0.717) is 16.6 Å². The van der Waals surface area contributed by atoms with Gasteiger partial charge in [0, 0.05) is 18.1 Å². The molecule has 22 heavy (non-hydrogen) atoms. The maximum atomic E-state index is 12.4. The Morgan fingerprint density at radius 2 is 1.91 bits per heavy atom. The van der Waals surface area contributed by atoms with E-state index in [2.05, 4.69) is 10.4 Å². The molecule has 5 heteroatoms. The van der Waals surface area contributed by atoms with Gasteiger partial charge < -0.3 is 5.32 Å². The van der Waals surface area contributed by atoms with Gasteiger partial charge in [-0.1, -0.05) is 24.3 Å². The first-order chi connectivity index (χ1) is 10.6. The van der Waals surface area contributed by atoms with Gasteiger partial charge in [-0.05, 0) is 36.8 Å². The van der Waals surface area contributed by atoms with E-state index in [0.717, 1.165) is 5.56 Å². The van der Waals surface area contributed by atoms with Crippen molar-refractivity contribution in [3.63, 3.8) is 0 Å². The van der Waals surface area contributed by atoms with Gasteiger partial charge in [0.1, 0.15) is 0 Å². The molecule has 0 bridgehead atoms. The lowest BCUT2D eigenvalue weighted by Gasteiger charge is -2.08. The number of nitrogens with zero attached hydrogens (tertiary/aromatic N) is 2. The summed E-state index contributed by atoms with van der Waals surface area (Å²) >= 11 is 0. The maximum absolute atomic E-state index is 12.4. The van der Waals surface area contributed by atoms with Gasteiger partial charge in [-0.3, -0.25) is 14.3 Å². The fourth-order valence-corrected chi connectivity index (χ4v) is 2.39. The molecule has 0 atom stereocenters. The van der Waals surface area contributed by atoms with Crippen LogP contribution in [0.4, 0.5) is 5.69 Å². The molecule has 110 valence electrons. The predicted octanol–water partition coefficient (Wildman–Crippen LogP) is 2.49. The monoisotopic (exact) mass is 293 g/mol. The van der Waals surface area contributed by atoms with Crippen LogP contribution in [0.1, 0.15) is 16.1 Å². The van der Waals surface area contributed by atoms with Gasteiger partial charge in [0.05, 0.1) is 5.52 Å². The average molecular weight is 293 g/mol. The third-order valence-electron chi connectivity index (χ3n) is 3.45. The largest absolute Gasteiger partial charge is 0.320 e. The van der Waals surface area contributed by atoms with Crippen molar-refractivity contribution < 1.29 is 4.79 Å². The van der Waals surface area contributed by atoms with E-state index in [1.54, 1.807) is 36.0 Å². The van der Waals surface area contributed by atoms with Gasteiger partial charge in [-0.2, -0.15) is 5.10 Å². The third-order valence-corrected chi connectivity index (χ3v) is 3.45.